The third kappa shape index (κ3) is 5.86. The Morgan fingerprint density at radius 1 is 1.11 bits per heavy atom. The zero-order valence-corrected chi connectivity index (χ0v) is 21.7. The van der Waals surface area contributed by atoms with Gasteiger partial charge in [-0.3, -0.25) is 4.40 Å². The normalized spacial score (nSPS) is 14.5. The third-order valence-corrected chi connectivity index (χ3v) is 6.37. The second-order valence-electron chi connectivity index (χ2n) is 10.3. The van der Waals surface area contributed by atoms with Crippen LogP contribution in [0.5, 0.6) is 0 Å². The molecular formula is C25H28ClN11. The number of nitrogens with one attached hydrogen (secondary N) is 2. The molecule has 4 aromatic rings. The van der Waals surface area contributed by atoms with Crippen molar-refractivity contribution in [2.24, 2.45) is 5.41 Å². The predicted octanol–water partition coefficient (Wildman–Crippen LogP) is 4.25. The lowest BCUT2D eigenvalue weighted by atomic mass is 9.92. The van der Waals surface area contributed by atoms with Crippen molar-refractivity contribution in [3.05, 3.63) is 53.2 Å². The molecule has 0 unspecified atom stereocenters. The van der Waals surface area contributed by atoms with Crippen molar-refractivity contribution in [3.63, 3.8) is 0 Å². The van der Waals surface area contributed by atoms with Crippen LogP contribution in [0.25, 0.3) is 5.65 Å². The maximum atomic E-state index is 8.91. The van der Waals surface area contributed by atoms with Gasteiger partial charge in [-0.1, -0.05) is 32.4 Å². The molecule has 0 aliphatic carbocycles. The van der Waals surface area contributed by atoms with Crippen molar-refractivity contribution in [3.8, 4) is 6.07 Å². The van der Waals surface area contributed by atoms with E-state index in [1.54, 1.807) is 12.3 Å². The average Bonchev–Trinajstić information content (AvgIpc) is 3.27. The molecule has 5 rings (SSSR count). The van der Waals surface area contributed by atoms with E-state index in [0.29, 0.717) is 22.5 Å². The first kappa shape index (κ1) is 24.6. The van der Waals surface area contributed by atoms with Crippen molar-refractivity contribution in [2.75, 3.05) is 28.6 Å². The van der Waals surface area contributed by atoms with Crippen LogP contribution in [0.1, 0.15) is 45.1 Å². The van der Waals surface area contributed by atoms with Crippen LogP contribution in [0.15, 0.2) is 36.7 Å². The monoisotopic (exact) mass is 517 g/mol. The maximum absolute atomic E-state index is 8.91. The second-order valence-corrected chi connectivity index (χ2v) is 10.7. The number of nitrogens with zero attached hydrogens (tertiary/aromatic N) is 9. The smallest absolute Gasteiger partial charge is 0.229 e. The summed E-state index contributed by atoms with van der Waals surface area (Å²) in [5, 5.41) is 32.8. The maximum Gasteiger partial charge on any atom is 0.229 e. The lowest BCUT2D eigenvalue weighted by molar-refractivity contribution is 0.399. The number of pyridine rings is 1. The highest BCUT2D eigenvalue weighted by Crippen LogP contribution is 2.26. The molecule has 0 spiro atoms. The first-order valence-corrected chi connectivity index (χ1v) is 12.5. The summed E-state index contributed by atoms with van der Waals surface area (Å²) in [5.74, 6) is 2.74. The Bertz CT molecular complexity index is 1430. The Balaban J connectivity index is 1.23. The molecular weight excluding hydrogens is 490 g/mol. The number of piperidine rings is 1. The zero-order chi connectivity index (χ0) is 26.0. The third-order valence-electron chi connectivity index (χ3n) is 6.09. The molecule has 2 N–H and O–H groups in total. The quantitative estimate of drug-likeness (QED) is 0.382. The molecule has 5 heterocycles. The number of anilines is 4. The number of hydrogen-bond donors (Lipinski definition) is 2. The molecule has 0 saturated carbocycles. The van der Waals surface area contributed by atoms with Gasteiger partial charge < -0.3 is 15.5 Å². The van der Waals surface area contributed by atoms with Gasteiger partial charge in [-0.2, -0.15) is 10.2 Å². The number of halogens is 1. The standard InChI is InChI=1S/C25H28ClN11/c1-25(2,3)13-22-35-34-21-12-17(8-11-37(21)22)30-24-28-15-19(26)23(31-24)29-16-6-9-36(10-7-16)20-5-4-18(14-27)32-33-20/h4-5,8,11-12,15-16H,6-7,9-10,13H2,1-3H3,(H2,28,29,30,31). The van der Waals surface area contributed by atoms with Crippen molar-refractivity contribution in [2.45, 2.75) is 46.1 Å². The highest BCUT2D eigenvalue weighted by Gasteiger charge is 2.22. The summed E-state index contributed by atoms with van der Waals surface area (Å²) >= 11 is 6.41. The van der Waals surface area contributed by atoms with Crippen LogP contribution in [-0.2, 0) is 6.42 Å². The SMILES string of the molecule is CC(C)(C)Cc1nnc2cc(Nc3ncc(Cl)c(NC4CCN(c5ccc(C#N)nn5)CC4)n3)ccn12. The lowest BCUT2D eigenvalue weighted by Crippen LogP contribution is -2.39. The van der Waals surface area contributed by atoms with Crippen molar-refractivity contribution in [1.29, 1.82) is 5.26 Å². The molecule has 0 atom stereocenters. The van der Waals surface area contributed by atoms with Gasteiger partial charge in [0.15, 0.2) is 23.0 Å². The van der Waals surface area contributed by atoms with E-state index >= 15 is 0 Å². The average molecular weight is 518 g/mol. The van der Waals surface area contributed by atoms with Crippen molar-refractivity contribution >= 4 is 40.5 Å². The van der Waals surface area contributed by atoms with Gasteiger partial charge in [-0.25, -0.2) is 4.98 Å². The van der Waals surface area contributed by atoms with Crippen LogP contribution >= 0.6 is 11.6 Å². The van der Waals surface area contributed by atoms with E-state index in [9.17, 15) is 0 Å². The van der Waals surface area contributed by atoms with Crippen LogP contribution in [0.4, 0.5) is 23.3 Å². The molecule has 1 aliphatic heterocycles. The number of fused-ring (bicyclic) bond motifs is 1. The Morgan fingerprint density at radius 3 is 2.62 bits per heavy atom. The molecule has 190 valence electrons. The topological polar surface area (TPSA) is 133 Å². The molecule has 0 bridgehead atoms. The van der Waals surface area contributed by atoms with Gasteiger partial charge in [0.1, 0.15) is 16.9 Å². The highest BCUT2D eigenvalue weighted by atomic mass is 35.5. The summed E-state index contributed by atoms with van der Waals surface area (Å²) in [7, 11) is 0. The molecule has 12 heteroatoms. The van der Waals surface area contributed by atoms with Crippen LogP contribution in [-0.4, -0.2) is 53.9 Å². The van der Waals surface area contributed by atoms with Gasteiger partial charge in [0.25, 0.3) is 0 Å². The second kappa shape index (κ2) is 10.1. The number of aromatic nitrogens is 7. The highest BCUT2D eigenvalue weighted by molar-refractivity contribution is 6.32. The summed E-state index contributed by atoms with van der Waals surface area (Å²) < 4.78 is 2.00. The summed E-state index contributed by atoms with van der Waals surface area (Å²) in [5.41, 5.74) is 2.01. The minimum absolute atomic E-state index is 0.120. The zero-order valence-electron chi connectivity index (χ0n) is 21.0. The fourth-order valence-corrected chi connectivity index (χ4v) is 4.42. The number of rotatable bonds is 6. The Morgan fingerprint density at radius 2 is 1.92 bits per heavy atom. The van der Waals surface area contributed by atoms with E-state index in [-0.39, 0.29) is 11.5 Å². The van der Waals surface area contributed by atoms with Gasteiger partial charge in [-0.15, -0.1) is 20.4 Å². The van der Waals surface area contributed by atoms with E-state index in [2.05, 4.69) is 66.7 Å². The minimum Gasteiger partial charge on any atom is -0.366 e. The predicted molar refractivity (Wildman–Crippen MR) is 142 cm³/mol. The number of hydrogen-bond acceptors (Lipinski definition) is 10. The molecule has 1 aliphatic rings. The minimum atomic E-state index is 0.120. The largest absolute Gasteiger partial charge is 0.366 e. The van der Waals surface area contributed by atoms with Gasteiger partial charge in [-0.05, 0) is 36.5 Å². The number of nitriles is 1. The van der Waals surface area contributed by atoms with Crippen molar-refractivity contribution < 1.29 is 0 Å². The van der Waals surface area contributed by atoms with E-state index in [1.165, 1.54) is 0 Å². The summed E-state index contributed by atoms with van der Waals surface area (Å²) in [4.78, 5) is 11.1. The molecule has 1 fully saturated rings. The molecule has 0 radical (unpaired) electrons. The first-order valence-electron chi connectivity index (χ1n) is 12.2. The van der Waals surface area contributed by atoms with Gasteiger partial charge >= 0.3 is 0 Å². The Kier molecular flexibility index (Phi) is 6.76. The molecule has 4 aromatic heterocycles. The molecule has 0 amide bonds. The Labute approximate surface area is 219 Å². The van der Waals surface area contributed by atoms with Crippen LogP contribution in [0, 0.1) is 16.7 Å². The van der Waals surface area contributed by atoms with Crippen molar-refractivity contribution in [1.82, 2.24) is 34.8 Å². The fraction of sp³-hybridized carbons (Fsp3) is 0.400. The van der Waals surface area contributed by atoms with Gasteiger partial charge in [0.2, 0.25) is 5.95 Å². The first-order chi connectivity index (χ1) is 17.8. The van der Waals surface area contributed by atoms with Gasteiger partial charge in [0, 0.05) is 43.5 Å². The summed E-state index contributed by atoms with van der Waals surface area (Å²) in [6.07, 6.45) is 6.14. The molecule has 0 aromatic carbocycles. The van der Waals surface area contributed by atoms with E-state index < -0.39 is 0 Å². The lowest BCUT2D eigenvalue weighted by Gasteiger charge is -2.33. The fourth-order valence-electron chi connectivity index (χ4n) is 4.27. The van der Waals surface area contributed by atoms with Crippen LogP contribution in [0.3, 0.4) is 0 Å². The molecule has 37 heavy (non-hydrogen) atoms. The van der Waals surface area contributed by atoms with Crippen LogP contribution < -0.4 is 15.5 Å². The Hall–Kier alpha value is -4.04. The van der Waals surface area contributed by atoms with Gasteiger partial charge in [0.05, 0.1) is 6.20 Å². The summed E-state index contributed by atoms with van der Waals surface area (Å²) in [6.45, 7) is 8.16. The summed E-state index contributed by atoms with van der Waals surface area (Å²) in [6, 6.07) is 9.60. The van der Waals surface area contributed by atoms with Crippen LogP contribution in [0.2, 0.25) is 5.02 Å². The molecule has 11 nitrogen and oxygen atoms in total. The van der Waals surface area contributed by atoms with E-state index in [1.807, 2.05) is 34.9 Å². The van der Waals surface area contributed by atoms with E-state index in [0.717, 1.165) is 55.3 Å². The molecule has 1 saturated heterocycles. The van der Waals surface area contributed by atoms with E-state index in [4.69, 9.17) is 16.9 Å².